The van der Waals surface area contributed by atoms with Crippen LogP contribution in [0.4, 0.5) is 15.9 Å². The fourth-order valence-electron chi connectivity index (χ4n) is 2.94. The zero-order valence-electron chi connectivity index (χ0n) is 14.8. The summed E-state index contributed by atoms with van der Waals surface area (Å²) < 4.78 is 25.2. The minimum Gasteiger partial charge on any atom is -0.482 e. The summed E-state index contributed by atoms with van der Waals surface area (Å²) in [5.41, 5.74) is 8.43. The number of nitrogens with zero attached hydrogens (tertiary/aromatic N) is 2. The maximum atomic E-state index is 13.1. The molecule has 2 N–H and O–H groups in total. The van der Waals surface area contributed by atoms with Gasteiger partial charge in [-0.3, -0.25) is 10.1 Å². The number of furan rings is 1. The third kappa shape index (κ3) is 3.73. The second-order valence-corrected chi connectivity index (χ2v) is 7.36. The molecule has 0 fully saturated rings. The Balaban J connectivity index is 1.74. The molecule has 4 rings (SSSR count). The molecule has 7 nitrogen and oxygen atoms in total. The van der Waals surface area contributed by atoms with Crippen LogP contribution in [-0.4, -0.2) is 9.91 Å². The number of benzene rings is 2. The van der Waals surface area contributed by atoms with Crippen LogP contribution >= 0.6 is 22.6 Å². The number of nitro groups is 1. The SMILES string of the molecule is Nc1ncc(I)c2occ(-c3ccc([N+](=O)[O-])c(OCc4ccc(F)cc4)c3)c12. The van der Waals surface area contributed by atoms with Crippen molar-refractivity contribution in [1.82, 2.24) is 4.98 Å². The van der Waals surface area contributed by atoms with Crippen LogP contribution in [0.1, 0.15) is 5.56 Å². The largest absolute Gasteiger partial charge is 0.482 e. The molecule has 4 aromatic rings. The number of rotatable bonds is 5. The van der Waals surface area contributed by atoms with Gasteiger partial charge in [-0.15, -0.1) is 0 Å². The molecule has 0 aliphatic heterocycles. The Morgan fingerprint density at radius 1 is 1.24 bits per heavy atom. The van der Waals surface area contributed by atoms with Gasteiger partial charge in [0.15, 0.2) is 11.3 Å². The van der Waals surface area contributed by atoms with Crippen molar-refractivity contribution in [2.45, 2.75) is 6.61 Å². The Morgan fingerprint density at radius 2 is 2.00 bits per heavy atom. The van der Waals surface area contributed by atoms with Crippen molar-refractivity contribution in [3.8, 4) is 16.9 Å². The summed E-state index contributed by atoms with van der Waals surface area (Å²) in [5.74, 6) is 0.0222. The molecule has 2 aromatic heterocycles. The lowest BCUT2D eigenvalue weighted by molar-refractivity contribution is -0.385. The topological polar surface area (TPSA) is 104 Å². The van der Waals surface area contributed by atoms with Crippen LogP contribution < -0.4 is 10.5 Å². The third-order valence-electron chi connectivity index (χ3n) is 4.36. The molecule has 2 heterocycles. The van der Waals surface area contributed by atoms with E-state index >= 15 is 0 Å². The van der Waals surface area contributed by atoms with E-state index in [-0.39, 0.29) is 23.9 Å². The Bertz CT molecular complexity index is 1220. The lowest BCUT2D eigenvalue weighted by Gasteiger charge is -2.09. The number of nitrogens with two attached hydrogens (primary N) is 1. The van der Waals surface area contributed by atoms with Crippen LogP contribution in [0.25, 0.3) is 22.1 Å². The second-order valence-electron chi connectivity index (χ2n) is 6.20. The zero-order chi connectivity index (χ0) is 20.5. The quantitative estimate of drug-likeness (QED) is 0.224. The molecule has 0 unspecified atom stereocenters. The predicted molar refractivity (Wildman–Crippen MR) is 114 cm³/mol. The fraction of sp³-hybridized carbons (Fsp3) is 0.0500. The van der Waals surface area contributed by atoms with E-state index in [0.717, 1.165) is 3.57 Å². The highest BCUT2D eigenvalue weighted by molar-refractivity contribution is 14.1. The Morgan fingerprint density at radius 3 is 2.72 bits per heavy atom. The van der Waals surface area contributed by atoms with Gasteiger partial charge in [0.2, 0.25) is 0 Å². The van der Waals surface area contributed by atoms with Gasteiger partial charge in [0.05, 0.1) is 20.1 Å². The molecule has 0 radical (unpaired) electrons. The van der Waals surface area contributed by atoms with Crippen molar-refractivity contribution < 1.29 is 18.5 Å². The Labute approximate surface area is 177 Å². The number of hydrogen-bond acceptors (Lipinski definition) is 6. The lowest BCUT2D eigenvalue weighted by atomic mass is 10.0. The van der Waals surface area contributed by atoms with Gasteiger partial charge < -0.3 is 14.9 Å². The van der Waals surface area contributed by atoms with Gasteiger partial charge in [0, 0.05) is 17.8 Å². The second kappa shape index (κ2) is 7.66. The van der Waals surface area contributed by atoms with Gasteiger partial charge in [-0.2, -0.15) is 0 Å². The molecule has 9 heteroatoms. The molecular weight excluding hydrogens is 492 g/mol. The number of nitrogen functional groups attached to an aromatic ring is 1. The number of anilines is 1. The standard InChI is InChI=1S/C20H13FIN3O4/c21-13-4-1-11(2-5-13)9-28-17-7-12(3-6-16(17)25(26)27)14-10-29-19-15(22)8-24-20(23)18(14)19/h1-8,10H,9H2,(H2,23,24). The first-order valence-electron chi connectivity index (χ1n) is 8.41. The third-order valence-corrected chi connectivity index (χ3v) is 5.12. The summed E-state index contributed by atoms with van der Waals surface area (Å²) in [6.07, 6.45) is 3.15. The number of nitro benzene ring substituents is 1. The number of pyridine rings is 1. The van der Waals surface area contributed by atoms with Crippen molar-refractivity contribution in [2.24, 2.45) is 0 Å². The number of ether oxygens (including phenoxy) is 1. The van der Waals surface area contributed by atoms with Gasteiger partial charge in [-0.1, -0.05) is 12.1 Å². The minimum atomic E-state index is -0.518. The molecule has 0 atom stereocenters. The maximum absolute atomic E-state index is 13.1. The van der Waals surface area contributed by atoms with Crippen molar-refractivity contribution in [3.63, 3.8) is 0 Å². The van der Waals surface area contributed by atoms with E-state index in [0.29, 0.717) is 33.5 Å². The fourth-order valence-corrected chi connectivity index (χ4v) is 3.48. The minimum absolute atomic E-state index is 0.0539. The van der Waals surface area contributed by atoms with Crippen LogP contribution in [-0.2, 0) is 6.61 Å². The smallest absolute Gasteiger partial charge is 0.310 e. The zero-order valence-corrected chi connectivity index (χ0v) is 16.9. The van der Waals surface area contributed by atoms with E-state index in [9.17, 15) is 14.5 Å². The summed E-state index contributed by atoms with van der Waals surface area (Å²) in [6, 6.07) is 10.3. The molecule has 29 heavy (non-hydrogen) atoms. The van der Waals surface area contributed by atoms with Crippen molar-refractivity contribution in [1.29, 1.82) is 0 Å². The number of fused-ring (bicyclic) bond motifs is 1. The lowest BCUT2D eigenvalue weighted by Crippen LogP contribution is -2.00. The highest BCUT2D eigenvalue weighted by Crippen LogP contribution is 2.39. The number of halogens is 2. The molecule has 0 amide bonds. The molecule has 0 saturated carbocycles. The highest BCUT2D eigenvalue weighted by atomic mass is 127. The monoisotopic (exact) mass is 505 g/mol. The average molecular weight is 505 g/mol. The Kier molecular flexibility index (Phi) is 5.05. The molecule has 0 saturated heterocycles. The first kappa shape index (κ1) is 19.1. The Hall–Kier alpha value is -3.21. The normalized spacial score (nSPS) is 11.0. The summed E-state index contributed by atoms with van der Waals surface area (Å²) >= 11 is 2.10. The van der Waals surface area contributed by atoms with Crippen LogP contribution in [0.3, 0.4) is 0 Å². The molecule has 0 aliphatic rings. The number of aromatic nitrogens is 1. The molecule has 0 bridgehead atoms. The molecule has 2 aromatic carbocycles. The first-order valence-corrected chi connectivity index (χ1v) is 9.49. The summed E-state index contributed by atoms with van der Waals surface area (Å²) in [4.78, 5) is 15.1. The molecular formula is C20H13FIN3O4. The van der Waals surface area contributed by atoms with Crippen molar-refractivity contribution >= 4 is 45.1 Å². The van der Waals surface area contributed by atoms with Gasteiger partial charge in [-0.05, 0) is 58.0 Å². The van der Waals surface area contributed by atoms with E-state index in [4.69, 9.17) is 14.9 Å². The van der Waals surface area contributed by atoms with Crippen LogP contribution in [0, 0.1) is 19.5 Å². The van der Waals surface area contributed by atoms with E-state index in [1.54, 1.807) is 30.5 Å². The van der Waals surface area contributed by atoms with E-state index in [2.05, 4.69) is 27.6 Å². The summed E-state index contributed by atoms with van der Waals surface area (Å²) in [7, 11) is 0. The number of hydrogen-bond donors (Lipinski definition) is 1. The van der Waals surface area contributed by atoms with E-state index < -0.39 is 4.92 Å². The summed E-state index contributed by atoms with van der Waals surface area (Å²) in [6.45, 7) is 0.0539. The van der Waals surface area contributed by atoms with Crippen molar-refractivity contribution in [3.05, 3.63) is 80.0 Å². The highest BCUT2D eigenvalue weighted by Gasteiger charge is 2.20. The van der Waals surface area contributed by atoms with Crippen LogP contribution in [0.2, 0.25) is 0 Å². The molecule has 146 valence electrons. The van der Waals surface area contributed by atoms with Crippen LogP contribution in [0.15, 0.2) is 59.3 Å². The van der Waals surface area contributed by atoms with Gasteiger partial charge in [-0.25, -0.2) is 9.37 Å². The van der Waals surface area contributed by atoms with Gasteiger partial charge in [0.25, 0.3) is 0 Å². The van der Waals surface area contributed by atoms with E-state index in [1.165, 1.54) is 24.5 Å². The predicted octanol–water partition coefficient (Wildman–Crippen LogP) is 5.31. The van der Waals surface area contributed by atoms with Gasteiger partial charge in [0.1, 0.15) is 18.2 Å². The molecule has 0 aliphatic carbocycles. The maximum Gasteiger partial charge on any atom is 0.310 e. The van der Waals surface area contributed by atoms with Crippen LogP contribution in [0.5, 0.6) is 5.75 Å². The molecule has 0 spiro atoms. The summed E-state index contributed by atoms with van der Waals surface area (Å²) in [5, 5.41) is 12.0. The average Bonchev–Trinajstić information content (AvgIpc) is 3.16. The van der Waals surface area contributed by atoms with Crippen molar-refractivity contribution in [2.75, 3.05) is 5.73 Å². The first-order chi connectivity index (χ1) is 13.9. The van der Waals surface area contributed by atoms with Gasteiger partial charge >= 0.3 is 5.69 Å². The van der Waals surface area contributed by atoms with E-state index in [1.807, 2.05) is 0 Å².